The molecule has 0 amide bonds. The molecule has 2 atom stereocenters. The number of para-hydroxylation sites is 1. The highest BCUT2D eigenvalue weighted by molar-refractivity contribution is 5.85. The summed E-state index contributed by atoms with van der Waals surface area (Å²) in [6.45, 7) is 6.78. The predicted molar refractivity (Wildman–Crippen MR) is 136 cm³/mol. The van der Waals surface area contributed by atoms with Crippen molar-refractivity contribution in [3.63, 3.8) is 0 Å². The maximum Gasteiger partial charge on any atom is 0.133 e. The van der Waals surface area contributed by atoms with Gasteiger partial charge in [0.1, 0.15) is 17.3 Å². The number of nitrogens with one attached hydrogen (secondary N) is 2. The van der Waals surface area contributed by atoms with E-state index in [0.717, 1.165) is 22.2 Å². The van der Waals surface area contributed by atoms with E-state index in [1.165, 1.54) is 26.0 Å². The molecule has 0 bridgehead atoms. The number of likely N-dealkylation sites (tertiary alicyclic amines) is 1. The van der Waals surface area contributed by atoms with E-state index in [1.807, 2.05) is 36.1 Å². The zero-order valence-electron chi connectivity index (χ0n) is 21.1. The van der Waals surface area contributed by atoms with Crippen molar-refractivity contribution < 1.29 is 17.6 Å². The quantitative estimate of drug-likeness (QED) is 0.372. The lowest BCUT2D eigenvalue weighted by Gasteiger charge is -2.43. The van der Waals surface area contributed by atoms with Crippen LogP contribution in [0.2, 0.25) is 0 Å². The number of hydrogen-bond acceptors (Lipinski definition) is 3. The standard InChI is InChI=1S/C28H34F4N4/c1-17-11-21-20-7-4-5-8-24(20)34-26(21)27(36(17)16-28(2,3)32)25-22(30)12-18(13-23(25)31)33-19-14-35(15-19)10-6-9-29/h4-5,7-8,12-13,17,19,27,33-34H,6,9-11,14-16H2,1-3H3/t17-,27-/m1/s1. The average molecular weight is 503 g/mol. The molecule has 1 saturated heterocycles. The normalized spacial score (nSPS) is 21.5. The summed E-state index contributed by atoms with van der Waals surface area (Å²) in [4.78, 5) is 7.38. The van der Waals surface area contributed by atoms with Gasteiger partial charge in [-0.2, -0.15) is 0 Å². The largest absolute Gasteiger partial charge is 0.380 e. The van der Waals surface area contributed by atoms with Crippen molar-refractivity contribution in [3.05, 3.63) is 64.9 Å². The Labute approximate surface area is 209 Å². The van der Waals surface area contributed by atoms with E-state index >= 15 is 8.78 Å². The Morgan fingerprint density at radius 2 is 1.81 bits per heavy atom. The van der Waals surface area contributed by atoms with Crippen molar-refractivity contribution in [2.75, 3.05) is 38.2 Å². The fraction of sp³-hybridized carbons (Fsp3) is 0.500. The van der Waals surface area contributed by atoms with Crippen LogP contribution in [0.5, 0.6) is 0 Å². The third-order valence-corrected chi connectivity index (χ3v) is 7.36. The van der Waals surface area contributed by atoms with Crippen molar-refractivity contribution in [2.45, 2.75) is 57.4 Å². The van der Waals surface area contributed by atoms with Gasteiger partial charge in [0.15, 0.2) is 0 Å². The highest BCUT2D eigenvalue weighted by Crippen LogP contribution is 2.43. The fourth-order valence-corrected chi connectivity index (χ4v) is 5.79. The molecule has 2 aromatic carbocycles. The molecule has 36 heavy (non-hydrogen) atoms. The first-order chi connectivity index (χ1) is 17.1. The van der Waals surface area contributed by atoms with Gasteiger partial charge in [0.05, 0.1) is 18.8 Å². The van der Waals surface area contributed by atoms with Crippen LogP contribution in [0.25, 0.3) is 10.9 Å². The first kappa shape index (κ1) is 25.1. The van der Waals surface area contributed by atoms with E-state index in [2.05, 4.69) is 15.2 Å². The number of benzene rings is 2. The molecule has 3 heterocycles. The number of halogens is 4. The van der Waals surface area contributed by atoms with E-state index in [1.54, 1.807) is 0 Å². The van der Waals surface area contributed by atoms with Crippen LogP contribution in [0.4, 0.5) is 23.2 Å². The molecule has 0 aliphatic carbocycles. The molecule has 1 fully saturated rings. The maximum absolute atomic E-state index is 15.7. The highest BCUT2D eigenvalue weighted by atomic mass is 19.1. The van der Waals surface area contributed by atoms with Gasteiger partial charge in [0.25, 0.3) is 0 Å². The molecule has 2 aliphatic heterocycles. The van der Waals surface area contributed by atoms with Gasteiger partial charge in [0, 0.05) is 60.1 Å². The van der Waals surface area contributed by atoms with Crippen LogP contribution in [0.3, 0.4) is 0 Å². The molecule has 0 radical (unpaired) electrons. The van der Waals surface area contributed by atoms with Crippen LogP contribution in [0.1, 0.15) is 50.1 Å². The second-order valence-electron chi connectivity index (χ2n) is 10.9. The second kappa shape index (κ2) is 9.71. The van der Waals surface area contributed by atoms with Crippen molar-refractivity contribution >= 4 is 16.6 Å². The second-order valence-corrected chi connectivity index (χ2v) is 10.9. The SMILES string of the molecule is C[C@@H]1Cc2c([nH]c3ccccc23)[C@@H](c2c(F)cc(NC3CN(CCCF)C3)cc2F)N1CC(C)(C)F. The molecule has 0 unspecified atom stereocenters. The molecule has 2 N–H and O–H groups in total. The highest BCUT2D eigenvalue weighted by Gasteiger charge is 2.41. The predicted octanol–water partition coefficient (Wildman–Crippen LogP) is 5.99. The number of nitrogens with zero attached hydrogens (tertiary/aromatic N) is 2. The smallest absolute Gasteiger partial charge is 0.133 e. The number of hydrogen-bond donors (Lipinski definition) is 2. The van der Waals surface area contributed by atoms with Gasteiger partial charge < -0.3 is 10.3 Å². The van der Waals surface area contributed by atoms with Crippen molar-refractivity contribution in [2.24, 2.45) is 0 Å². The Hall–Kier alpha value is -2.58. The van der Waals surface area contributed by atoms with Crippen LogP contribution >= 0.6 is 0 Å². The monoisotopic (exact) mass is 502 g/mol. The van der Waals surface area contributed by atoms with Crippen LogP contribution in [-0.2, 0) is 6.42 Å². The molecule has 5 rings (SSSR count). The van der Waals surface area contributed by atoms with E-state index in [0.29, 0.717) is 38.2 Å². The summed E-state index contributed by atoms with van der Waals surface area (Å²) in [5, 5.41) is 4.23. The summed E-state index contributed by atoms with van der Waals surface area (Å²) in [5.74, 6) is -1.31. The summed E-state index contributed by atoms with van der Waals surface area (Å²) in [7, 11) is 0. The molecule has 1 aromatic heterocycles. The number of aromatic nitrogens is 1. The Kier molecular flexibility index (Phi) is 6.76. The van der Waals surface area contributed by atoms with E-state index in [-0.39, 0.29) is 30.9 Å². The van der Waals surface area contributed by atoms with Gasteiger partial charge in [-0.05, 0) is 57.4 Å². The van der Waals surface area contributed by atoms with Crippen LogP contribution < -0.4 is 5.32 Å². The molecule has 4 nitrogen and oxygen atoms in total. The summed E-state index contributed by atoms with van der Waals surface area (Å²) in [5.41, 5.74) is 1.43. The average Bonchev–Trinajstić information content (AvgIpc) is 3.14. The number of fused-ring (bicyclic) bond motifs is 3. The molecule has 194 valence electrons. The van der Waals surface area contributed by atoms with Gasteiger partial charge in [0.2, 0.25) is 0 Å². The molecule has 2 aliphatic rings. The van der Waals surface area contributed by atoms with Crippen LogP contribution in [-0.4, -0.2) is 65.4 Å². The Bertz CT molecular complexity index is 1200. The Morgan fingerprint density at radius 1 is 1.11 bits per heavy atom. The first-order valence-electron chi connectivity index (χ1n) is 12.7. The third kappa shape index (κ3) is 4.85. The van der Waals surface area contributed by atoms with E-state index in [9.17, 15) is 8.78 Å². The number of aromatic amines is 1. The van der Waals surface area contributed by atoms with Crippen molar-refractivity contribution in [3.8, 4) is 0 Å². The van der Waals surface area contributed by atoms with E-state index in [4.69, 9.17) is 0 Å². The lowest BCUT2D eigenvalue weighted by Crippen LogP contribution is -2.54. The zero-order valence-corrected chi connectivity index (χ0v) is 21.1. The van der Waals surface area contributed by atoms with Crippen LogP contribution in [0.15, 0.2) is 36.4 Å². The number of anilines is 1. The molecule has 0 saturated carbocycles. The topological polar surface area (TPSA) is 34.3 Å². The Morgan fingerprint density at radius 3 is 2.47 bits per heavy atom. The summed E-state index contributed by atoms with van der Waals surface area (Å²) < 4.78 is 58.7. The van der Waals surface area contributed by atoms with Gasteiger partial charge in [-0.25, -0.2) is 13.2 Å². The summed E-state index contributed by atoms with van der Waals surface area (Å²) in [6, 6.07) is 9.69. The number of alkyl halides is 2. The van der Waals surface area contributed by atoms with E-state index < -0.39 is 23.3 Å². The van der Waals surface area contributed by atoms with Crippen molar-refractivity contribution in [1.82, 2.24) is 14.8 Å². The first-order valence-corrected chi connectivity index (χ1v) is 12.7. The molecular weight excluding hydrogens is 468 g/mol. The minimum absolute atomic E-state index is 0.0449. The van der Waals surface area contributed by atoms with Gasteiger partial charge in [-0.1, -0.05) is 18.2 Å². The number of rotatable bonds is 8. The van der Waals surface area contributed by atoms with Gasteiger partial charge in [-0.3, -0.25) is 14.2 Å². The Balaban J connectivity index is 1.50. The number of H-pyrrole nitrogens is 1. The van der Waals surface area contributed by atoms with Crippen molar-refractivity contribution in [1.29, 1.82) is 0 Å². The molecule has 0 spiro atoms. The molecule has 3 aromatic rings. The summed E-state index contributed by atoms with van der Waals surface area (Å²) >= 11 is 0. The van der Waals surface area contributed by atoms with Crippen LogP contribution in [0, 0.1) is 11.6 Å². The minimum Gasteiger partial charge on any atom is -0.380 e. The minimum atomic E-state index is -1.54. The molecule has 8 heteroatoms. The summed E-state index contributed by atoms with van der Waals surface area (Å²) in [6.07, 6.45) is 1.15. The molecular formula is C28H34F4N4. The fourth-order valence-electron chi connectivity index (χ4n) is 5.79. The van der Waals surface area contributed by atoms with Gasteiger partial charge >= 0.3 is 0 Å². The lowest BCUT2D eigenvalue weighted by molar-refractivity contribution is 0.0643. The lowest BCUT2D eigenvalue weighted by atomic mass is 9.87. The maximum atomic E-state index is 15.7. The third-order valence-electron chi connectivity index (χ3n) is 7.36. The van der Waals surface area contributed by atoms with Gasteiger partial charge in [-0.15, -0.1) is 0 Å². The zero-order chi connectivity index (χ0) is 25.6.